The highest BCUT2D eigenvalue weighted by molar-refractivity contribution is 5.66. The Morgan fingerprint density at radius 2 is 2.00 bits per heavy atom. The predicted octanol–water partition coefficient (Wildman–Crippen LogP) is 1.91. The molecule has 0 radical (unpaired) electrons. The van der Waals surface area contributed by atoms with Gasteiger partial charge in [-0.1, -0.05) is 13.3 Å². The third-order valence-corrected chi connectivity index (χ3v) is 2.83. The SMILES string of the molecule is CCCCOc1nc(C)nc(NCCCN(C)C)c1N. The van der Waals surface area contributed by atoms with Gasteiger partial charge in [0.1, 0.15) is 11.5 Å². The summed E-state index contributed by atoms with van der Waals surface area (Å²) in [6.07, 6.45) is 3.11. The Hall–Kier alpha value is -1.56. The molecule has 0 unspecified atom stereocenters. The van der Waals surface area contributed by atoms with Crippen molar-refractivity contribution in [2.24, 2.45) is 0 Å². The van der Waals surface area contributed by atoms with Crippen LogP contribution in [0.3, 0.4) is 0 Å². The van der Waals surface area contributed by atoms with E-state index in [0.717, 1.165) is 32.4 Å². The zero-order valence-corrected chi connectivity index (χ0v) is 13.1. The fourth-order valence-corrected chi connectivity index (χ4v) is 1.72. The number of nitrogens with two attached hydrogens (primary N) is 1. The Balaban J connectivity index is 2.61. The fraction of sp³-hybridized carbons (Fsp3) is 0.714. The summed E-state index contributed by atoms with van der Waals surface area (Å²) in [7, 11) is 4.12. The average Bonchev–Trinajstić information content (AvgIpc) is 2.39. The van der Waals surface area contributed by atoms with E-state index in [4.69, 9.17) is 10.5 Å². The summed E-state index contributed by atoms with van der Waals surface area (Å²) in [4.78, 5) is 10.7. The normalized spacial score (nSPS) is 10.8. The molecule has 6 heteroatoms. The molecular formula is C14H27N5O. The van der Waals surface area contributed by atoms with Gasteiger partial charge in [0.2, 0.25) is 5.88 Å². The summed E-state index contributed by atoms with van der Waals surface area (Å²) in [5.74, 6) is 1.82. The molecular weight excluding hydrogens is 254 g/mol. The van der Waals surface area contributed by atoms with Crippen LogP contribution in [-0.2, 0) is 0 Å². The molecule has 0 saturated heterocycles. The summed E-state index contributed by atoms with van der Waals surface area (Å²) in [5.41, 5.74) is 6.55. The lowest BCUT2D eigenvalue weighted by Crippen LogP contribution is -2.17. The summed E-state index contributed by atoms with van der Waals surface area (Å²) >= 11 is 0. The minimum atomic E-state index is 0.487. The lowest BCUT2D eigenvalue weighted by molar-refractivity contribution is 0.298. The molecule has 0 amide bonds. The van der Waals surface area contributed by atoms with Crippen LogP contribution >= 0.6 is 0 Å². The van der Waals surface area contributed by atoms with Crippen molar-refractivity contribution in [2.45, 2.75) is 33.1 Å². The number of aryl methyl sites for hydroxylation is 1. The molecule has 0 fully saturated rings. The molecule has 1 rings (SSSR count). The second-order valence-corrected chi connectivity index (χ2v) is 5.12. The molecule has 0 saturated carbocycles. The van der Waals surface area contributed by atoms with Crippen LogP contribution in [0.25, 0.3) is 0 Å². The van der Waals surface area contributed by atoms with Gasteiger partial charge in [-0.3, -0.25) is 0 Å². The fourth-order valence-electron chi connectivity index (χ4n) is 1.72. The third kappa shape index (κ3) is 5.61. The number of nitrogens with one attached hydrogen (secondary N) is 1. The molecule has 6 nitrogen and oxygen atoms in total. The minimum absolute atomic E-state index is 0.487. The van der Waals surface area contributed by atoms with Crippen molar-refractivity contribution in [1.29, 1.82) is 0 Å². The van der Waals surface area contributed by atoms with Crippen molar-refractivity contribution in [3.63, 3.8) is 0 Å². The van der Waals surface area contributed by atoms with Crippen molar-refractivity contribution in [3.8, 4) is 5.88 Å². The quantitative estimate of drug-likeness (QED) is 0.673. The number of anilines is 2. The third-order valence-electron chi connectivity index (χ3n) is 2.83. The molecule has 20 heavy (non-hydrogen) atoms. The molecule has 0 atom stereocenters. The smallest absolute Gasteiger partial charge is 0.242 e. The van der Waals surface area contributed by atoms with E-state index >= 15 is 0 Å². The highest BCUT2D eigenvalue weighted by atomic mass is 16.5. The summed E-state index contributed by atoms with van der Waals surface area (Å²) in [6.45, 7) is 6.45. The zero-order chi connectivity index (χ0) is 15.0. The molecule has 0 aliphatic heterocycles. The van der Waals surface area contributed by atoms with E-state index in [0.29, 0.717) is 29.8 Å². The summed E-state index contributed by atoms with van der Waals surface area (Å²) < 4.78 is 5.62. The van der Waals surface area contributed by atoms with Crippen LogP contribution < -0.4 is 15.8 Å². The maximum absolute atomic E-state index is 6.05. The molecule has 0 aliphatic rings. The molecule has 1 heterocycles. The molecule has 0 bridgehead atoms. The van der Waals surface area contributed by atoms with Gasteiger partial charge in [-0.2, -0.15) is 4.98 Å². The minimum Gasteiger partial charge on any atom is -0.476 e. The summed E-state index contributed by atoms with van der Waals surface area (Å²) in [6, 6.07) is 0. The highest BCUT2D eigenvalue weighted by Crippen LogP contribution is 2.26. The van der Waals surface area contributed by atoms with Crippen molar-refractivity contribution in [3.05, 3.63) is 5.82 Å². The van der Waals surface area contributed by atoms with E-state index in [1.807, 2.05) is 6.92 Å². The van der Waals surface area contributed by atoms with Gasteiger partial charge >= 0.3 is 0 Å². The van der Waals surface area contributed by atoms with E-state index in [9.17, 15) is 0 Å². The van der Waals surface area contributed by atoms with Gasteiger partial charge in [0, 0.05) is 6.54 Å². The Morgan fingerprint density at radius 3 is 2.65 bits per heavy atom. The number of nitrogens with zero attached hydrogens (tertiary/aromatic N) is 3. The second kappa shape index (κ2) is 8.58. The van der Waals surface area contributed by atoms with Gasteiger partial charge in [0.25, 0.3) is 0 Å². The van der Waals surface area contributed by atoms with E-state index < -0.39 is 0 Å². The van der Waals surface area contributed by atoms with Crippen LogP contribution in [0.1, 0.15) is 32.0 Å². The van der Waals surface area contributed by atoms with Crippen LogP contribution in [0.4, 0.5) is 11.5 Å². The number of ether oxygens (including phenoxy) is 1. The Kier molecular flexibility index (Phi) is 7.08. The van der Waals surface area contributed by atoms with Crippen LogP contribution in [0.5, 0.6) is 5.88 Å². The van der Waals surface area contributed by atoms with E-state index in [2.05, 4.69) is 41.2 Å². The molecule has 0 aliphatic carbocycles. The molecule has 0 aromatic carbocycles. The lowest BCUT2D eigenvalue weighted by Gasteiger charge is -2.14. The molecule has 114 valence electrons. The van der Waals surface area contributed by atoms with Gasteiger partial charge in [0.05, 0.1) is 6.61 Å². The van der Waals surface area contributed by atoms with Crippen molar-refractivity contribution in [1.82, 2.24) is 14.9 Å². The topological polar surface area (TPSA) is 76.3 Å². The van der Waals surface area contributed by atoms with Gasteiger partial charge in [-0.15, -0.1) is 0 Å². The van der Waals surface area contributed by atoms with Crippen LogP contribution in [0, 0.1) is 6.92 Å². The summed E-state index contributed by atoms with van der Waals surface area (Å²) in [5, 5.41) is 3.26. The Labute approximate surface area is 121 Å². The number of nitrogen functional groups attached to an aromatic ring is 1. The van der Waals surface area contributed by atoms with Gasteiger partial charge < -0.3 is 20.7 Å². The first-order valence-corrected chi connectivity index (χ1v) is 7.20. The molecule has 1 aromatic rings. The maximum atomic E-state index is 6.05. The second-order valence-electron chi connectivity index (χ2n) is 5.12. The van der Waals surface area contributed by atoms with Crippen LogP contribution in [0.15, 0.2) is 0 Å². The molecule has 1 aromatic heterocycles. The van der Waals surface area contributed by atoms with E-state index in [-0.39, 0.29) is 0 Å². The average molecular weight is 281 g/mol. The van der Waals surface area contributed by atoms with Crippen molar-refractivity contribution >= 4 is 11.5 Å². The largest absolute Gasteiger partial charge is 0.476 e. The zero-order valence-electron chi connectivity index (χ0n) is 13.1. The number of rotatable bonds is 9. The number of hydrogen-bond donors (Lipinski definition) is 2. The predicted molar refractivity (Wildman–Crippen MR) is 83.2 cm³/mol. The highest BCUT2D eigenvalue weighted by Gasteiger charge is 2.11. The Morgan fingerprint density at radius 1 is 1.25 bits per heavy atom. The lowest BCUT2D eigenvalue weighted by atomic mass is 10.3. The van der Waals surface area contributed by atoms with Crippen LogP contribution in [-0.4, -0.2) is 48.7 Å². The standard InChI is InChI=1S/C14H27N5O/c1-5-6-10-20-14-12(15)13(17-11(2)18-14)16-8-7-9-19(3)4/h5-10,15H2,1-4H3,(H,16,17,18). The van der Waals surface area contributed by atoms with Crippen LogP contribution in [0.2, 0.25) is 0 Å². The van der Waals surface area contributed by atoms with Gasteiger partial charge in [-0.05, 0) is 40.4 Å². The van der Waals surface area contributed by atoms with Gasteiger partial charge in [0.15, 0.2) is 5.82 Å². The molecule has 3 N–H and O–H groups in total. The first-order chi connectivity index (χ1) is 9.54. The van der Waals surface area contributed by atoms with Crippen molar-refractivity contribution < 1.29 is 4.74 Å². The first-order valence-electron chi connectivity index (χ1n) is 7.20. The monoisotopic (exact) mass is 281 g/mol. The number of unbranched alkanes of at least 4 members (excludes halogenated alkanes) is 1. The number of aromatic nitrogens is 2. The van der Waals surface area contributed by atoms with E-state index in [1.54, 1.807) is 0 Å². The van der Waals surface area contributed by atoms with Crippen molar-refractivity contribution in [2.75, 3.05) is 44.8 Å². The first kappa shape index (κ1) is 16.5. The number of hydrogen-bond acceptors (Lipinski definition) is 6. The Bertz CT molecular complexity index is 409. The maximum Gasteiger partial charge on any atom is 0.242 e. The molecule has 0 spiro atoms. The van der Waals surface area contributed by atoms with E-state index in [1.165, 1.54) is 0 Å². The van der Waals surface area contributed by atoms with Gasteiger partial charge in [-0.25, -0.2) is 4.98 Å².